The molecule has 2 amide bonds. The number of rotatable bonds is 6. The van der Waals surface area contributed by atoms with Crippen molar-refractivity contribution in [3.05, 3.63) is 62.3 Å². The Labute approximate surface area is 204 Å². The lowest BCUT2D eigenvalue weighted by Gasteiger charge is -2.29. The Morgan fingerprint density at radius 2 is 1.88 bits per heavy atom. The number of para-hydroxylation sites is 1. The number of nitrogens with one attached hydrogen (secondary N) is 1. The zero-order valence-electron chi connectivity index (χ0n) is 16.5. The van der Waals surface area contributed by atoms with E-state index in [4.69, 9.17) is 21.7 Å². The third kappa shape index (κ3) is 5.22. The highest BCUT2D eigenvalue weighted by molar-refractivity contribution is 9.11. The molecule has 1 aliphatic rings. The molecule has 0 radical (unpaired) electrons. The second-order valence-electron chi connectivity index (χ2n) is 6.32. The van der Waals surface area contributed by atoms with Gasteiger partial charge in [-0.15, -0.1) is 0 Å². The molecule has 1 fully saturated rings. The highest BCUT2D eigenvalue weighted by Gasteiger charge is 2.35. The highest BCUT2D eigenvalue weighted by Crippen LogP contribution is 2.36. The number of esters is 1. The van der Waals surface area contributed by atoms with E-state index in [1.165, 1.54) is 24.3 Å². The molecule has 2 aromatic rings. The molecule has 11 heteroatoms. The Kier molecular flexibility index (Phi) is 7.75. The lowest BCUT2D eigenvalue weighted by atomic mass is 10.1. The van der Waals surface area contributed by atoms with Crippen molar-refractivity contribution in [2.75, 3.05) is 18.1 Å². The first kappa shape index (κ1) is 24.0. The topological polar surface area (TPSA) is 84.9 Å². The number of hydrogen-bond acceptors (Lipinski definition) is 6. The highest BCUT2D eigenvalue weighted by atomic mass is 79.9. The fourth-order valence-corrected chi connectivity index (χ4v) is 4.54. The molecule has 0 aliphatic carbocycles. The third-order valence-corrected chi connectivity index (χ3v) is 5.63. The fraction of sp³-hybridized carbons (Fsp3) is 0.143. The Balaban J connectivity index is 1.92. The number of ether oxygens (including phenoxy) is 2. The molecule has 1 saturated heterocycles. The summed E-state index contributed by atoms with van der Waals surface area (Å²) in [5.74, 6) is -2.31. The molecule has 0 unspecified atom stereocenters. The van der Waals surface area contributed by atoms with Gasteiger partial charge in [-0.2, -0.15) is 0 Å². The first-order valence-electron chi connectivity index (χ1n) is 9.16. The van der Waals surface area contributed by atoms with Crippen LogP contribution in [0.2, 0.25) is 0 Å². The van der Waals surface area contributed by atoms with E-state index in [9.17, 15) is 18.8 Å². The largest absolute Gasteiger partial charge is 0.480 e. The number of hydrogen-bond donors (Lipinski definition) is 1. The minimum Gasteiger partial charge on any atom is -0.480 e. The quantitative estimate of drug-likeness (QED) is 0.238. The number of carbonyl (C=O) groups is 3. The molecule has 32 heavy (non-hydrogen) atoms. The van der Waals surface area contributed by atoms with Gasteiger partial charge in [0.15, 0.2) is 11.7 Å². The second kappa shape index (κ2) is 10.3. The molecule has 1 heterocycles. The van der Waals surface area contributed by atoms with Crippen LogP contribution in [-0.4, -0.2) is 36.1 Å². The Morgan fingerprint density at radius 1 is 1.22 bits per heavy atom. The van der Waals surface area contributed by atoms with Gasteiger partial charge < -0.3 is 9.47 Å². The molecule has 1 N–H and O–H groups in total. The van der Waals surface area contributed by atoms with Crippen molar-refractivity contribution >= 4 is 78.7 Å². The predicted molar refractivity (Wildman–Crippen MR) is 127 cm³/mol. The summed E-state index contributed by atoms with van der Waals surface area (Å²) in [7, 11) is 0. The minimum absolute atomic E-state index is 0.0709. The average molecular weight is 586 g/mol. The van der Waals surface area contributed by atoms with Crippen molar-refractivity contribution in [3.63, 3.8) is 0 Å². The smallest absolute Gasteiger partial charge is 0.344 e. The molecule has 3 rings (SSSR count). The number of amides is 2. The summed E-state index contributed by atoms with van der Waals surface area (Å²) in [4.78, 5) is 37.9. The normalized spacial score (nSPS) is 15.1. The summed E-state index contributed by atoms with van der Waals surface area (Å²) in [6.45, 7) is 1.64. The van der Waals surface area contributed by atoms with E-state index >= 15 is 0 Å². The summed E-state index contributed by atoms with van der Waals surface area (Å²) in [6, 6.07) is 8.80. The minimum atomic E-state index is -0.765. The van der Waals surface area contributed by atoms with Crippen LogP contribution in [0.4, 0.5) is 10.1 Å². The first-order valence-corrected chi connectivity index (χ1v) is 11.2. The van der Waals surface area contributed by atoms with Gasteiger partial charge in [0.2, 0.25) is 0 Å². The van der Waals surface area contributed by atoms with Crippen molar-refractivity contribution in [2.24, 2.45) is 0 Å². The van der Waals surface area contributed by atoms with E-state index in [1.807, 2.05) is 0 Å². The molecule has 166 valence electrons. The zero-order chi connectivity index (χ0) is 23.4. The number of halogens is 3. The molecule has 7 nitrogen and oxygen atoms in total. The number of carbonyl (C=O) groups excluding carboxylic acids is 3. The molecule has 2 aromatic carbocycles. The Bertz CT molecular complexity index is 1130. The van der Waals surface area contributed by atoms with Crippen LogP contribution in [-0.2, 0) is 19.1 Å². The van der Waals surface area contributed by atoms with Crippen LogP contribution in [0.25, 0.3) is 6.08 Å². The van der Waals surface area contributed by atoms with Crippen LogP contribution >= 0.6 is 44.1 Å². The van der Waals surface area contributed by atoms with Gasteiger partial charge in [0.1, 0.15) is 17.1 Å². The van der Waals surface area contributed by atoms with Crippen molar-refractivity contribution in [2.45, 2.75) is 6.92 Å². The summed E-state index contributed by atoms with van der Waals surface area (Å²) in [6.07, 6.45) is 1.35. The lowest BCUT2D eigenvalue weighted by Crippen LogP contribution is -2.54. The Morgan fingerprint density at radius 3 is 2.50 bits per heavy atom. The van der Waals surface area contributed by atoms with E-state index in [1.54, 1.807) is 25.1 Å². The van der Waals surface area contributed by atoms with Crippen LogP contribution in [0.15, 0.2) is 50.9 Å². The number of thiocarbonyl (C=S) groups is 1. The van der Waals surface area contributed by atoms with Gasteiger partial charge in [0, 0.05) is 0 Å². The Hall–Kier alpha value is -2.63. The average Bonchev–Trinajstić information content (AvgIpc) is 2.72. The van der Waals surface area contributed by atoms with Crippen LogP contribution < -0.4 is 15.0 Å². The van der Waals surface area contributed by atoms with Gasteiger partial charge in [0.05, 0.1) is 21.2 Å². The summed E-state index contributed by atoms with van der Waals surface area (Å²) in [5.41, 5.74) is 0.159. The van der Waals surface area contributed by atoms with Crippen molar-refractivity contribution in [3.8, 4) is 5.75 Å². The maximum Gasteiger partial charge on any atom is 0.344 e. The number of benzene rings is 2. The molecular formula is C21H15Br2FN2O5S. The number of anilines is 1. The van der Waals surface area contributed by atoms with Gasteiger partial charge in [-0.1, -0.05) is 12.1 Å². The van der Waals surface area contributed by atoms with Gasteiger partial charge >= 0.3 is 5.97 Å². The van der Waals surface area contributed by atoms with Gasteiger partial charge in [-0.05, 0) is 86.9 Å². The number of nitrogens with zero attached hydrogens (tertiary/aromatic N) is 1. The van der Waals surface area contributed by atoms with Gasteiger partial charge in [-0.25, -0.2) is 14.1 Å². The first-order chi connectivity index (χ1) is 15.2. The monoisotopic (exact) mass is 584 g/mol. The van der Waals surface area contributed by atoms with E-state index < -0.39 is 23.6 Å². The maximum atomic E-state index is 14.3. The molecule has 0 atom stereocenters. The summed E-state index contributed by atoms with van der Waals surface area (Å²) in [5, 5.41) is 2.19. The van der Waals surface area contributed by atoms with E-state index in [2.05, 4.69) is 37.2 Å². The third-order valence-electron chi connectivity index (χ3n) is 4.17. The maximum absolute atomic E-state index is 14.3. The van der Waals surface area contributed by atoms with Crippen molar-refractivity contribution < 1.29 is 28.2 Å². The van der Waals surface area contributed by atoms with E-state index in [-0.39, 0.29) is 29.6 Å². The molecule has 0 bridgehead atoms. The van der Waals surface area contributed by atoms with Gasteiger partial charge in [0.25, 0.3) is 11.8 Å². The van der Waals surface area contributed by atoms with E-state index in [0.29, 0.717) is 20.3 Å². The van der Waals surface area contributed by atoms with Crippen molar-refractivity contribution in [1.29, 1.82) is 0 Å². The SMILES string of the molecule is CCOC(=O)COc1c(Br)cc(/C=C2\C(=O)NC(=S)N(c3ccccc3F)C2=O)cc1Br. The van der Waals surface area contributed by atoms with E-state index in [0.717, 1.165) is 4.90 Å². The molecule has 0 aromatic heterocycles. The van der Waals surface area contributed by atoms with Crippen LogP contribution in [0.5, 0.6) is 5.75 Å². The standard InChI is InChI=1S/C21H15Br2FN2O5S/c1-2-30-17(27)10-31-18-13(22)8-11(9-14(18)23)7-12-19(28)25-21(32)26(20(12)29)16-6-4-3-5-15(16)24/h3-9H,2,10H2,1H3,(H,25,28,32)/b12-7+. The lowest BCUT2D eigenvalue weighted by molar-refractivity contribution is -0.145. The fourth-order valence-electron chi connectivity index (χ4n) is 2.81. The van der Waals surface area contributed by atoms with Crippen LogP contribution in [0.1, 0.15) is 12.5 Å². The molecule has 1 aliphatic heterocycles. The summed E-state index contributed by atoms with van der Waals surface area (Å²) < 4.78 is 25.5. The van der Waals surface area contributed by atoms with Crippen LogP contribution in [0, 0.1) is 5.82 Å². The second-order valence-corrected chi connectivity index (χ2v) is 8.41. The predicted octanol–water partition coefficient (Wildman–Crippen LogP) is 4.12. The molecular weight excluding hydrogens is 571 g/mol. The zero-order valence-corrected chi connectivity index (χ0v) is 20.5. The van der Waals surface area contributed by atoms with Crippen LogP contribution in [0.3, 0.4) is 0 Å². The molecule has 0 saturated carbocycles. The summed E-state index contributed by atoms with van der Waals surface area (Å²) >= 11 is 11.8. The van der Waals surface area contributed by atoms with Crippen molar-refractivity contribution in [1.82, 2.24) is 5.32 Å². The van der Waals surface area contributed by atoms with Gasteiger partial charge in [-0.3, -0.25) is 14.9 Å². The molecule has 0 spiro atoms.